The lowest BCUT2D eigenvalue weighted by atomic mass is 10.1. The van der Waals surface area contributed by atoms with Crippen molar-refractivity contribution in [2.45, 2.75) is 19.4 Å². The van der Waals surface area contributed by atoms with Gasteiger partial charge in [-0.1, -0.05) is 11.6 Å². The first kappa shape index (κ1) is 19.7. The number of nitrogens with one attached hydrogen (secondary N) is 2. The molecule has 1 amide bonds. The minimum atomic E-state index is -0.540. The first-order valence-electron chi connectivity index (χ1n) is 8.54. The molecule has 9 nitrogen and oxygen atoms in total. The number of amides is 1. The first-order valence-corrected chi connectivity index (χ1v) is 8.92. The van der Waals surface area contributed by atoms with Crippen LogP contribution in [0.1, 0.15) is 17.8 Å². The monoisotopic (exact) mass is 405 g/mol. The fourth-order valence-corrected chi connectivity index (χ4v) is 3.10. The van der Waals surface area contributed by atoms with Crippen molar-refractivity contribution in [2.75, 3.05) is 14.2 Å². The summed E-state index contributed by atoms with van der Waals surface area (Å²) in [6.45, 7) is 0.344. The van der Waals surface area contributed by atoms with E-state index in [0.717, 1.165) is 5.56 Å². The molecule has 0 spiro atoms. The van der Waals surface area contributed by atoms with Crippen LogP contribution in [0.5, 0.6) is 5.75 Å². The van der Waals surface area contributed by atoms with Gasteiger partial charge in [-0.05, 0) is 18.2 Å². The average molecular weight is 406 g/mol. The smallest absolute Gasteiger partial charge is 0.329 e. The van der Waals surface area contributed by atoms with Crippen LogP contribution in [0.2, 0.25) is 5.02 Å². The van der Waals surface area contributed by atoms with Crippen LogP contribution in [0.25, 0.3) is 11.2 Å². The number of aryl methyl sites for hydroxylation is 2. The van der Waals surface area contributed by atoms with Crippen molar-refractivity contribution in [2.24, 2.45) is 7.05 Å². The molecule has 0 atom stereocenters. The Morgan fingerprint density at radius 2 is 2.07 bits per heavy atom. The van der Waals surface area contributed by atoms with Crippen molar-refractivity contribution < 1.29 is 9.53 Å². The summed E-state index contributed by atoms with van der Waals surface area (Å²) in [5.41, 5.74) is 0.195. The predicted molar refractivity (Wildman–Crippen MR) is 105 cm³/mol. The Labute approximate surface area is 164 Å². The van der Waals surface area contributed by atoms with Gasteiger partial charge < -0.3 is 14.6 Å². The third-order valence-electron chi connectivity index (χ3n) is 4.46. The number of aromatic amines is 2. The van der Waals surface area contributed by atoms with Crippen LogP contribution in [-0.4, -0.2) is 44.5 Å². The molecule has 0 fully saturated rings. The van der Waals surface area contributed by atoms with Gasteiger partial charge in [0.25, 0.3) is 5.56 Å². The Bertz CT molecular complexity index is 1150. The van der Waals surface area contributed by atoms with Crippen LogP contribution in [0.15, 0.2) is 27.8 Å². The van der Waals surface area contributed by atoms with E-state index in [1.165, 1.54) is 11.6 Å². The number of H-pyrrole nitrogens is 2. The molecule has 28 heavy (non-hydrogen) atoms. The highest BCUT2D eigenvalue weighted by Gasteiger charge is 2.15. The Hall–Kier alpha value is -3.07. The van der Waals surface area contributed by atoms with Gasteiger partial charge in [-0.3, -0.25) is 19.1 Å². The maximum absolute atomic E-state index is 12.5. The van der Waals surface area contributed by atoms with E-state index in [0.29, 0.717) is 29.6 Å². The summed E-state index contributed by atoms with van der Waals surface area (Å²) in [5, 5.41) is 0.565. The van der Waals surface area contributed by atoms with Gasteiger partial charge in [0.05, 0.1) is 7.11 Å². The molecule has 0 aliphatic rings. The van der Waals surface area contributed by atoms with E-state index in [2.05, 4.69) is 15.0 Å². The molecule has 3 aromatic rings. The lowest BCUT2D eigenvalue weighted by molar-refractivity contribution is -0.130. The second kappa shape index (κ2) is 7.89. The molecular formula is C18H20ClN5O4. The number of hydrogen-bond acceptors (Lipinski definition) is 5. The molecule has 2 aromatic heterocycles. The van der Waals surface area contributed by atoms with Crippen molar-refractivity contribution >= 4 is 28.7 Å². The molecule has 0 saturated carbocycles. The summed E-state index contributed by atoms with van der Waals surface area (Å²) in [5.74, 6) is 1.01. The summed E-state index contributed by atoms with van der Waals surface area (Å²) in [6, 6.07) is 5.24. The zero-order chi connectivity index (χ0) is 20.4. The molecule has 0 bridgehead atoms. The maximum Gasteiger partial charge on any atom is 0.329 e. The van der Waals surface area contributed by atoms with E-state index in [4.69, 9.17) is 16.3 Å². The van der Waals surface area contributed by atoms with E-state index in [-0.39, 0.29) is 23.5 Å². The predicted octanol–water partition coefficient (Wildman–Crippen LogP) is 1.20. The molecule has 0 aliphatic heterocycles. The Kier molecular flexibility index (Phi) is 5.55. The van der Waals surface area contributed by atoms with E-state index < -0.39 is 11.2 Å². The van der Waals surface area contributed by atoms with Crippen molar-refractivity contribution in [3.63, 3.8) is 0 Å². The van der Waals surface area contributed by atoms with Gasteiger partial charge >= 0.3 is 5.69 Å². The number of fused-ring (bicyclic) bond motifs is 1. The normalized spacial score (nSPS) is 11.0. The van der Waals surface area contributed by atoms with Gasteiger partial charge in [-0.2, -0.15) is 0 Å². The zero-order valence-electron chi connectivity index (χ0n) is 15.7. The standard InChI is InChI=1S/C18H20ClN5O4/c1-23(9-10-8-11(19)4-5-12(10)28-3)14(25)7-6-13-20-15-16(21-13)24(2)18(27)22-17(15)26/h4-5,8H,6-7,9H2,1-3H3,(H,20,21)(H,22,26,27). The molecule has 0 saturated heterocycles. The highest BCUT2D eigenvalue weighted by Crippen LogP contribution is 2.24. The maximum atomic E-state index is 12.5. The number of rotatable bonds is 6. The van der Waals surface area contributed by atoms with E-state index in [1.54, 1.807) is 37.3 Å². The Morgan fingerprint density at radius 3 is 2.79 bits per heavy atom. The van der Waals surface area contributed by atoms with Crippen molar-refractivity contribution in [3.05, 3.63) is 55.4 Å². The minimum Gasteiger partial charge on any atom is -0.496 e. The van der Waals surface area contributed by atoms with Crippen LogP contribution in [0.3, 0.4) is 0 Å². The number of aromatic nitrogens is 4. The topological polar surface area (TPSA) is 113 Å². The highest BCUT2D eigenvalue weighted by atomic mass is 35.5. The summed E-state index contributed by atoms with van der Waals surface area (Å²) < 4.78 is 6.55. The van der Waals surface area contributed by atoms with Crippen molar-refractivity contribution in [1.82, 2.24) is 24.4 Å². The SMILES string of the molecule is COc1ccc(Cl)cc1CN(C)C(=O)CCc1nc2c([nH]1)c(=O)[nH]c(=O)n2C. The number of carbonyl (C=O) groups excluding carboxylic acids is 1. The molecule has 148 valence electrons. The van der Waals surface area contributed by atoms with E-state index in [1.807, 2.05) is 0 Å². The van der Waals surface area contributed by atoms with Crippen LogP contribution >= 0.6 is 11.6 Å². The van der Waals surface area contributed by atoms with Gasteiger partial charge in [0, 0.05) is 44.1 Å². The van der Waals surface area contributed by atoms with Crippen LogP contribution in [-0.2, 0) is 24.8 Å². The van der Waals surface area contributed by atoms with Crippen molar-refractivity contribution in [1.29, 1.82) is 0 Å². The van der Waals surface area contributed by atoms with Crippen molar-refractivity contribution in [3.8, 4) is 5.75 Å². The largest absolute Gasteiger partial charge is 0.496 e. The summed E-state index contributed by atoms with van der Waals surface area (Å²) in [4.78, 5) is 46.9. The fraction of sp³-hybridized carbons (Fsp3) is 0.333. The van der Waals surface area contributed by atoms with Crippen LogP contribution < -0.4 is 16.0 Å². The number of halogens is 1. The number of imidazole rings is 1. The molecular weight excluding hydrogens is 386 g/mol. The second-order valence-electron chi connectivity index (χ2n) is 6.41. The first-order chi connectivity index (χ1) is 13.3. The Balaban J connectivity index is 1.70. The molecule has 0 radical (unpaired) electrons. The summed E-state index contributed by atoms with van der Waals surface area (Å²) >= 11 is 6.03. The van der Waals surface area contributed by atoms with Gasteiger partial charge in [-0.25, -0.2) is 9.78 Å². The zero-order valence-corrected chi connectivity index (χ0v) is 16.5. The number of methoxy groups -OCH3 is 1. The number of ether oxygens (including phenoxy) is 1. The van der Waals surface area contributed by atoms with E-state index >= 15 is 0 Å². The van der Waals surface area contributed by atoms with Crippen LogP contribution in [0.4, 0.5) is 0 Å². The van der Waals surface area contributed by atoms with Gasteiger partial charge in [0.1, 0.15) is 17.1 Å². The average Bonchev–Trinajstić information content (AvgIpc) is 3.09. The summed E-state index contributed by atoms with van der Waals surface area (Å²) in [6.07, 6.45) is 0.489. The third kappa shape index (κ3) is 3.94. The molecule has 1 aromatic carbocycles. The molecule has 2 N–H and O–H groups in total. The minimum absolute atomic E-state index is 0.106. The van der Waals surface area contributed by atoms with Gasteiger partial charge in [0.2, 0.25) is 5.91 Å². The number of hydrogen-bond donors (Lipinski definition) is 2. The quantitative estimate of drug-likeness (QED) is 0.639. The second-order valence-corrected chi connectivity index (χ2v) is 6.84. The highest BCUT2D eigenvalue weighted by molar-refractivity contribution is 6.30. The Morgan fingerprint density at radius 1 is 1.32 bits per heavy atom. The fourth-order valence-electron chi connectivity index (χ4n) is 2.90. The number of carbonyl (C=O) groups is 1. The number of nitrogens with zero attached hydrogens (tertiary/aromatic N) is 3. The molecule has 0 aliphatic carbocycles. The molecule has 2 heterocycles. The van der Waals surface area contributed by atoms with Crippen LogP contribution in [0, 0.1) is 0 Å². The third-order valence-corrected chi connectivity index (χ3v) is 4.69. The summed E-state index contributed by atoms with van der Waals surface area (Å²) in [7, 11) is 4.77. The van der Waals surface area contributed by atoms with Gasteiger partial charge in [0.15, 0.2) is 5.65 Å². The lowest BCUT2D eigenvalue weighted by Gasteiger charge is -2.19. The number of benzene rings is 1. The van der Waals surface area contributed by atoms with Gasteiger partial charge in [-0.15, -0.1) is 0 Å². The lowest BCUT2D eigenvalue weighted by Crippen LogP contribution is -2.28. The molecule has 10 heteroatoms. The molecule has 3 rings (SSSR count). The molecule has 0 unspecified atom stereocenters. The van der Waals surface area contributed by atoms with E-state index in [9.17, 15) is 14.4 Å².